The molecule has 0 bridgehead atoms. The maximum absolute atomic E-state index is 5.13. The minimum absolute atomic E-state index is 0.666. The highest BCUT2D eigenvalue weighted by molar-refractivity contribution is 7.09. The Balaban J connectivity index is 1.84. The van der Waals surface area contributed by atoms with Crippen molar-refractivity contribution in [2.75, 3.05) is 7.11 Å². The fourth-order valence-corrected chi connectivity index (χ4v) is 2.54. The van der Waals surface area contributed by atoms with Crippen LogP contribution >= 0.6 is 11.3 Å². The molecule has 1 heterocycles. The van der Waals surface area contributed by atoms with Crippen LogP contribution in [0.4, 0.5) is 0 Å². The Morgan fingerprint density at radius 2 is 2.11 bits per heavy atom. The van der Waals surface area contributed by atoms with E-state index in [1.54, 1.807) is 18.4 Å². The molecule has 0 radical (unpaired) electrons. The smallest absolute Gasteiger partial charge is 0.107 e. The summed E-state index contributed by atoms with van der Waals surface area (Å²) in [5, 5.41) is 6.63. The molecule has 0 atom stereocenters. The normalized spacial score (nSPS) is 10.8. The molecule has 0 aliphatic heterocycles. The molecule has 1 N–H and O–H groups in total. The molecule has 1 aromatic carbocycles. The molecule has 0 aliphatic carbocycles. The topological polar surface area (TPSA) is 34.1 Å². The first-order valence-corrected chi connectivity index (χ1v) is 6.84. The largest absolute Gasteiger partial charge is 0.380 e. The quantitative estimate of drug-likeness (QED) is 0.869. The standard InChI is InChI=1S/C14H18N2OS/c1-11-10-18-14(16-11)8-15-7-12-4-3-5-13(6-12)9-17-2/h3-6,10,15H,7-9H2,1-2H3. The molecule has 0 unspecified atom stereocenters. The lowest BCUT2D eigenvalue weighted by molar-refractivity contribution is 0.185. The Morgan fingerprint density at radius 3 is 2.83 bits per heavy atom. The Kier molecular flexibility index (Phi) is 4.87. The van der Waals surface area contributed by atoms with Gasteiger partial charge in [0.15, 0.2) is 0 Å². The summed E-state index contributed by atoms with van der Waals surface area (Å²) >= 11 is 1.70. The fourth-order valence-electron chi connectivity index (χ4n) is 1.79. The molecule has 0 saturated carbocycles. The van der Waals surface area contributed by atoms with Crippen molar-refractivity contribution in [1.82, 2.24) is 10.3 Å². The van der Waals surface area contributed by atoms with Gasteiger partial charge in [0, 0.05) is 31.3 Å². The molecule has 2 aromatic rings. The molecule has 0 fully saturated rings. The van der Waals surface area contributed by atoms with Crippen LogP contribution in [0, 0.1) is 6.92 Å². The zero-order valence-electron chi connectivity index (χ0n) is 10.8. The summed E-state index contributed by atoms with van der Waals surface area (Å²) in [4.78, 5) is 4.42. The second-order valence-corrected chi connectivity index (χ2v) is 5.18. The Hall–Kier alpha value is -1.23. The van der Waals surface area contributed by atoms with Crippen LogP contribution in [0.3, 0.4) is 0 Å². The van der Waals surface area contributed by atoms with Crippen LogP contribution in [-0.4, -0.2) is 12.1 Å². The second kappa shape index (κ2) is 6.64. The number of aromatic nitrogens is 1. The average Bonchev–Trinajstić information content (AvgIpc) is 2.76. The predicted octanol–water partition coefficient (Wildman–Crippen LogP) is 2.89. The number of methoxy groups -OCH3 is 1. The first-order chi connectivity index (χ1) is 8.78. The Morgan fingerprint density at radius 1 is 1.28 bits per heavy atom. The van der Waals surface area contributed by atoms with Crippen LogP contribution in [0.5, 0.6) is 0 Å². The highest BCUT2D eigenvalue weighted by Crippen LogP contribution is 2.09. The minimum Gasteiger partial charge on any atom is -0.380 e. The van der Waals surface area contributed by atoms with Gasteiger partial charge in [-0.05, 0) is 18.1 Å². The number of ether oxygens (including phenoxy) is 1. The van der Waals surface area contributed by atoms with Gasteiger partial charge < -0.3 is 10.1 Å². The van der Waals surface area contributed by atoms with Crippen LogP contribution in [0.2, 0.25) is 0 Å². The highest BCUT2D eigenvalue weighted by Gasteiger charge is 1.99. The molecule has 0 amide bonds. The van der Waals surface area contributed by atoms with E-state index >= 15 is 0 Å². The van der Waals surface area contributed by atoms with Crippen molar-refractivity contribution in [2.45, 2.75) is 26.6 Å². The molecule has 0 saturated heterocycles. The number of rotatable bonds is 6. The number of aryl methyl sites for hydroxylation is 1. The van der Waals surface area contributed by atoms with Crippen molar-refractivity contribution < 1.29 is 4.74 Å². The number of thiazole rings is 1. The third-order valence-electron chi connectivity index (χ3n) is 2.57. The molecule has 0 spiro atoms. The summed E-state index contributed by atoms with van der Waals surface area (Å²) in [5.74, 6) is 0. The molecule has 4 heteroatoms. The second-order valence-electron chi connectivity index (χ2n) is 4.24. The zero-order valence-corrected chi connectivity index (χ0v) is 11.6. The summed E-state index contributed by atoms with van der Waals surface area (Å²) < 4.78 is 5.13. The molecule has 96 valence electrons. The van der Waals surface area contributed by atoms with E-state index < -0.39 is 0 Å². The molecular formula is C14H18N2OS. The van der Waals surface area contributed by atoms with Crippen molar-refractivity contribution in [1.29, 1.82) is 0 Å². The molecule has 2 rings (SSSR count). The zero-order chi connectivity index (χ0) is 12.8. The van der Waals surface area contributed by atoms with E-state index in [0.717, 1.165) is 23.8 Å². The van der Waals surface area contributed by atoms with Gasteiger partial charge in [-0.3, -0.25) is 0 Å². The van der Waals surface area contributed by atoms with E-state index in [-0.39, 0.29) is 0 Å². The van der Waals surface area contributed by atoms with Gasteiger partial charge in [-0.1, -0.05) is 24.3 Å². The van der Waals surface area contributed by atoms with Crippen molar-refractivity contribution in [2.24, 2.45) is 0 Å². The lowest BCUT2D eigenvalue weighted by Crippen LogP contribution is -2.12. The van der Waals surface area contributed by atoms with E-state index in [9.17, 15) is 0 Å². The molecule has 0 aliphatic rings. The van der Waals surface area contributed by atoms with E-state index in [0.29, 0.717) is 6.61 Å². The summed E-state index contributed by atoms with van der Waals surface area (Å²) in [7, 11) is 1.72. The maximum atomic E-state index is 5.13. The van der Waals surface area contributed by atoms with Crippen LogP contribution in [0.15, 0.2) is 29.6 Å². The van der Waals surface area contributed by atoms with Crippen LogP contribution in [0.1, 0.15) is 21.8 Å². The van der Waals surface area contributed by atoms with Crippen molar-refractivity contribution in [3.05, 3.63) is 51.5 Å². The van der Waals surface area contributed by atoms with Gasteiger partial charge >= 0.3 is 0 Å². The first-order valence-electron chi connectivity index (χ1n) is 5.96. The maximum Gasteiger partial charge on any atom is 0.107 e. The van der Waals surface area contributed by atoms with Gasteiger partial charge in [0.25, 0.3) is 0 Å². The van der Waals surface area contributed by atoms with Crippen molar-refractivity contribution >= 4 is 11.3 Å². The number of nitrogens with zero attached hydrogens (tertiary/aromatic N) is 1. The predicted molar refractivity (Wildman–Crippen MR) is 74.5 cm³/mol. The number of benzene rings is 1. The summed E-state index contributed by atoms with van der Waals surface area (Å²) in [5.41, 5.74) is 3.58. The van der Waals surface area contributed by atoms with E-state index in [4.69, 9.17) is 4.74 Å². The number of hydrogen-bond donors (Lipinski definition) is 1. The molecule has 1 aromatic heterocycles. The highest BCUT2D eigenvalue weighted by atomic mass is 32.1. The first kappa shape index (κ1) is 13.2. The van der Waals surface area contributed by atoms with E-state index in [1.165, 1.54) is 11.1 Å². The number of nitrogens with one attached hydrogen (secondary N) is 1. The monoisotopic (exact) mass is 262 g/mol. The van der Waals surface area contributed by atoms with Gasteiger partial charge in [-0.25, -0.2) is 4.98 Å². The summed E-state index contributed by atoms with van der Waals surface area (Å²) in [6.07, 6.45) is 0. The van der Waals surface area contributed by atoms with Crippen LogP contribution in [0.25, 0.3) is 0 Å². The summed E-state index contributed by atoms with van der Waals surface area (Å²) in [6.45, 7) is 4.37. The van der Waals surface area contributed by atoms with E-state index in [2.05, 4.69) is 39.9 Å². The summed E-state index contributed by atoms with van der Waals surface area (Å²) in [6, 6.07) is 8.44. The van der Waals surface area contributed by atoms with Gasteiger partial charge in [-0.15, -0.1) is 11.3 Å². The van der Waals surface area contributed by atoms with Gasteiger partial charge in [0.1, 0.15) is 5.01 Å². The van der Waals surface area contributed by atoms with Crippen molar-refractivity contribution in [3.63, 3.8) is 0 Å². The Labute approximate surface area is 112 Å². The van der Waals surface area contributed by atoms with Gasteiger partial charge in [-0.2, -0.15) is 0 Å². The third kappa shape index (κ3) is 3.91. The molecule has 18 heavy (non-hydrogen) atoms. The molecular weight excluding hydrogens is 244 g/mol. The SMILES string of the molecule is COCc1cccc(CNCc2nc(C)cs2)c1. The van der Waals surface area contributed by atoms with Crippen LogP contribution < -0.4 is 5.32 Å². The minimum atomic E-state index is 0.666. The van der Waals surface area contributed by atoms with Gasteiger partial charge in [0.2, 0.25) is 0 Å². The van der Waals surface area contributed by atoms with E-state index in [1.807, 2.05) is 6.92 Å². The number of hydrogen-bond acceptors (Lipinski definition) is 4. The molecule has 3 nitrogen and oxygen atoms in total. The fraction of sp³-hybridized carbons (Fsp3) is 0.357. The van der Waals surface area contributed by atoms with Crippen LogP contribution in [-0.2, 0) is 24.4 Å². The van der Waals surface area contributed by atoms with Crippen molar-refractivity contribution in [3.8, 4) is 0 Å². The van der Waals surface area contributed by atoms with Gasteiger partial charge in [0.05, 0.1) is 6.61 Å². The Bertz CT molecular complexity index is 496. The lowest BCUT2D eigenvalue weighted by atomic mass is 10.1. The lowest BCUT2D eigenvalue weighted by Gasteiger charge is -2.05. The average molecular weight is 262 g/mol. The third-order valence-corrected chi connectivity index (χ3v) is 3.54.